The molecule has 0 heterocycles. The first-order valence-electron chi connectivity index (χ1n) is 12.9. The summed E-state index contributed by atoms with van der Waals surface area (Å²) in [6.07, 6.45) is 2.08. The third-order valence-corrected chi connectivity index (χ3v) is 7.58. The van der Waals surface area contributed by atoms with Crippen molar-refractivity contribution in [2.24, 2.45) is 0 Å². The van der Waals surface area contributed by atoms with Gasteiger partial charge >= 0.3 is 0 Å². The number of ether oxygens (including phenoxy) is 1. The lowest BCUT2D eigenvalue weighted by Crippen LogP contribution is -2.53. The first-order chi connectivity index (χ1) is 18.6. The average molecular weight is 552 g/mol. The number of carbonyl (C=O) groups excluding carboxylic acids is 2. The number of nitrogens with one attached hydrogen (secondary N) is 1. The van der Waals surface area contributed by atoms with Crippen LogP contribution < -0.4 is 14.4 Å². The van der Waals surface area contributed by atoms with E-state index in [-0.39, 0.29) is 18.9 Å². The van der Waals surface area contributed by atoms with E-state index < -0.39 is 28.5 Å². The molecule has 0 aliphatic rings. The molecule has 2 amide bonds. The third-order valence-electron chi connectivity index (χ3n) is 6.44. The summed E-state index contributed by atoms with van der Waals surface area (Å²) in [7, 11) is -2.35. The first kappa shape index (κ1) is 29.7. The fourth-order valence-corrected chi connectivity index (χ4v) is 5.11. The summed E-state index contributed by atoms with van der Waals surface area (Å²) in [5, 5.41) is 2.94. The summed E-state index contributed by atoms with van der Waals surface area (Å²) in [6, 6.07) is 22.8. The highest BCUT2D eigenvalue weighted by Gasteiger charge is 2.33. The fraction of sp³-hybridized carbons (Fsp3) is 0.333. The number of hydrogen-bond donors (Lipinski definition) is 1. The van der Waals surface area contributed by atoms with Crippen molar-refractivity contribution in [3.63, 3.8) is 0 Å². The minimum atomic E-state index is -3.84. The van der Waals surface area contributed by atoms with E-state index in [1.165, 1.54) is 12.0 Å². The molecule has 0 bridgehead atoms. The summed E-state index contributed by atoms with van der Waals surface area (Å²) in [6.45, 7) is 4.06. The van der Waals surface area contributed by atoms with Crippen LogP contribution in [0.3, 0.4) is 0 Å². The van der Waals surface area contributed by atoms with Crippen molar-refractivity contribution in [2.75, 3.05) is 30.8 Å². The van der Waals surface area contributed by atoms with Crippen molar-refractivity contribution in [1.82, 2.24) is 10.2 Å². The van der Waals surface area contributed by atoms with Gasteiger partial charge in [-0.1, -0.05) is 67.6 Å². The van der Waals surface area contributed by atoms with Gasteiger partial charge in [0.15, 0.2) is 0 Å². The van der Waals surface area contributed by atoms with E-state index in [0.29, 0.717) is 18.0 Å². The molecule has 208 valence electrons. The average Bonchev–Trinajstić information content (AvgIpc) is 2.93. The van der Waals surface area contributed by atoms with Crippen molar-refractivity contribution >= 4 is 27.5 Å². The maximum absolute atomic E-state index is 14.1. The molecule has 3 aromatic carbocycles. The van der Waals surface area contributed by atoms with Crippen LogP contribution in [0.5, 0.6) is 5.75 Å². The molecule has 3 aromatic rings. The second-order valence-corrected chi connectivity index (χ2v) is 11.3. The van der Waals surface area contributed by atoms with E-state index in [1.807, 2.05) is 68.4 Å². The zero-order valence-electron chi connectivity index (χ0n) is 23.0. The summed E-state index contributed by atoms with van der Waals surface area (Å²) < 4.78 is 32.1. The molecule has 0 saturated carbocycles. The minimum Gasteiger partial charge on any atom is -0.497 e. The monoisotopic (exact) mass is 551 g/mol. The van der Waals surface area contributed by atoms with Gasteiger partial charge in [0.2, 0.25) is 21.8 Å². The Bertz CT molecular complexity index is 1360. The van der Waals surface area contributed by atoms with E-state index in [9.17, 15) is 18.0 Å². The van der Waals surface area contributed by atoms with E-state index in [0.717, 1.165) is 33.7 Å². The van der Waals surface area contributed by atoms with Crippen LogP contribution in [-0.2, 0) is 32.6 Å². The summed E-state index contributed by atoms with van der Waals surface area (Å²) in [5.74, 6) is -0.305. The van der Waals surface area contributed by atoms with Gasteiger partial charge in [-0.15, -0.1) is 0 Å². The molecule has 0 aliphatic carbocycles. The molecule has 0 aliphatic heterocycles. The fourth-order valence-electron chi connectivity index (χ4n) is 4.27. The van der Waals surface area contributed by atoms with Crippen molar-refractivity contribution in [2.45, 2.75) is 39.3 Å². The zero-order chi connectivity index (χ0) is 28.4. The first-order valence-corrected chi connectivity index (χ1v) is 14.8. The molecule has 0 fully saturated rings. The van der Waals surface area contributed by atoms with Crippen LogP contribution in [0.2, 0.25) is 0 Å². The minimum absolute atomic E-state index is 0.151. The molecule has 0 spiro atoms. The van der Waals surface area contributed by atoms with Crippen molar-refractivity contribution in [3.05, 3.63) is 95.6 Å². The Morgan fingerprint density at radius 3 is 2.31 bits per heavy atom. The number of nitrogens with zero attached hydrogens (tertiary/aromatic N) is 2. The smallest absolute Gasteiger partial charge is 0.244 e. The predicted octanol–water partition coefficient (Wildman–Crippen LogP) is 3.94. The van der Waals surface area contributed by atoms with Crippen molar-refractivity contribution in [1.29, 1.82) is 0 Å². The molecule has 0 saturated heterocycles. The Morgan fingerprint density at radius 2 is 1.67 bits per heavy atom. The molecule has 0 aromatic heterocycles. The molecular formula is C30H37N3O5S. The van der Waals surface area contributed by atoms with Crippen LogP contribution in [0.1, 0.15) is 30.0 Å². The maximum atomic E-state index is 14.1. The SMILES string of the molecule is CCCNC(=O)C(Cc1ccccc1)N(Cc1ccccc1C)C(=O)CN(c1cccc(OC)c1)S(C)(=O)=O. The lowest BCUT2D eigenvalue weighted by molar-refractivity contribution is -0.140. The number of hydrogen-bond acceptors (Lipinski definition) is 5. The van der Waals surface area contributed by atoms with Gasteiger partial charge in [0.1, 0.15) is 18.3 Å². The molecule has 1 unspecified atom stereocenters. The van der Waals surface area contributed by atoms with Crippen LogP contribution in [0.15, 0.2) is 78.9 Å². The van der Waals surface area contributed by atoms with Crippen LogP contribution >= 0.6 is 0 Å². The number of benzene rings is 3. The number of carbonyl (C=O) groups is 2. The van der Waals surface area contributed by atoms with E-state index >= 15 is 0 Å². The van der Waals surface area contributed by atoms with E-state index in [2.05, 4.69) is 5.32 Å². The van der Waals surface area contributed by atoms with Gasteiger partial charge in [0, 0.05) is 25.6 Å². The highest BCUT2D eigenvalue weighted by atomic mass is 32.2. The Morgan fingerprint density at radius 1 is 0.974 bits per heavy atom. The number of amides is 2. The Labute approximate surface area is 231 Å². The normalized spacial score (nSPS) is 11.9. The number of methoxy groups -OCH3 is 1. The number of sulfonamides is 1. The van der Waals surface area contributed by atoms with Crippen LogP contribution in [0.25, 0.3) is 0 Å². The van der Waals surface area contributed by atoms with Gasteiger partial charge in [0.05, 0.1) is 19.1 Å². The Kier molecular flexibility index (Phi) is 10.5. The van der Waals surface area contributed by atoms with Crippen molar-refractivity contribution in [3.8, 4) is 5.75 Å². The summed E-state index contributed by atoms with van der Waals surface area (Å²) in [5.41, 5.74) is 3.04. The Hall–Kier alpha value is -3.85. The lowest BCUT2D eigenvalue weighted by atomic mass is 10.0. The largest absolute Gasteiger partial charge is 0.497 e. The van der Waals surface area contributed by atoms with E-state index in [1.54, 1.807) is 24.3 Å². The lowest BCUT2D eigenvalue weighted by Gasteiger charge is -2.34. The van der Waals surface area contributed by atoms with Gasteiger partial charge in [-0.3, -0.25) is 13.9 Å². The van der Waals surface area contributed by atoms with Gasteiger partial charge in [-0.05, 0) is 42.2 Å². The van der Waals surface area contributed by atoms with Gasteiger partial charge in [-0.2, -0.15) is 0 Å². The molecule has 0 radical (unpaired) electrons. The molecule has 1 atom stereocenters. The zero-order valence-corrected chi connectivity index (χ0v) is 23.8. The van der Waals surface area contributed by atoms with Crippen LogP contribution in [0, 0.1) is 6.92 Å². The predicted molar refractivity (Wildman–Crippen MR) is 154 cm³/mol. The second-order valence-electron chi connectivity index (χ2n) is 9.42. The number of aryl methyl sites for hydroxylation is 1. The topological polar surface area (TPSA) is 96.0 Å². The summed E-state index contributed by atoms with van der Waals surface area (Å²) >= 11 is 0. The molecule has 1 N–H and O–H groups in total. The molecule has 39 heavy (non-hydrogen) atoms. The number of rotatable bonds is 13. The van der Waals surface area contributed by atoms with Crippen LogP contribution in [-0.4, -0.2) is 57.6 Å². The summed E-state index contributed by atoms with van der Waals surface area (Å²) in [4.78, 5) is 29.1. The van der Waals surface area contributed by atoms with Gasteiger partial charge in [-0.25, -0.2) is 8.42 Å². The molecule has 3 rings (SSSR count). The number of anilines is 1. The second kappa shape index (κ2) is 13.8. The maximum Gasteiger partial charge on any atom is 0.244 e. The van der Waals surface area contributed by atoms with Gasteiger partial charge < -0.3 is 15.0 Å². The van der Waals surface area contributed by atoms with Crippen LogP contribution in [0.4, 0.5) is 5.69 Å². The quantitative estimate of drug-likeness (QED) is 0.347. The highest BCUT2D eigenvalue weighted by Crippen LogP contribution is 2.24. The van der Waals surface area contributed by atoms with E-state index in [4.69, 9.17) is 4.74 Å². The third kappa shape index (κ3) is 8.32. The molecular weight excluding hydrogens is 514 g/mol. The van der Waals surface area contributed by atoms with Gasteiger partial charge in [0.25, 0.3) is 0 Å². The standard InChI is InChI=1S/C30H37N3O5S/c1-5-18-31-30(35)28(19-24-13-7-6-8-14-24)32(21-25-15-10-9-12-23(25)2)29(34)22-33(39(4,36)37)26-16-11-17-27(20-26)38-3/h6-17,20,28H,5,18-19,21-22H2,1-4H3,(H,31,35). The Balaban J connectivity index is 2.05. The van der Waals surface area contributed by atoms with Crippen molar-refractivity contribution < 1.29 is 22.7 Å². The highest BCUT2D eigenvalue weighted by molar-refractivity contribution is 7.92. The molecule has 9 heteroatoms. The molecule has 8 nitrogen and oxygen atoms in total.